The SMILES string of the molecule is CCCCCCCCCCCCCCC(=O)Oc1ccc(/C=C/C(=O)/C=C(O)/C=C/c2ccc(OC(=O)CCCCCCCCCCCCCC)c(OC)c2)cc1OC. The van der Waals surface area contributed by atoms with Gasteiger partial charge >= 0.3 is 11.9 Å². The van der Waals surface area contributed by atoms with Gasteiger partial charge in [0.25, 0.3) is 0 Å². The number of rotatable bonds is 35. The van der Waals surface area contributed by atoms with Crippen molar-refractivity contribution in [3.05, 3.63) is 71.5 Å². The van der Waals surface area contributed by atoms with Gasteiger partial charge in [0.15, 0.2) is 28.8 Å². The Morgan fingerprint density at radius 2 is 0.814 bits per heavy atom. The van der Waals surface area contributed by atoms with Crippen molar-refractivity contribution in [1.29, 1.82) is 0 Å². The lowest BCUT2D eigenvalue weighted by molar-refractivity contribution is -0.135. The van der Waals surface area contributed by atoms with Crippen LogP contribution in [-0.2, 0) is 14.4 Å². The van der Waals surface area contributed by atoms with Gasteiger partial charge in [0.05, 0.1) is 14.2 Å². The van der Waals surface area contributed by atoms with Gasteiger partial charge < -0.3 is 24.1 Å². The maximum atomic E-state index is 12.6. The lowest BCUT2D eigenvalue weighted by Crippen LogP contribution is -2.08. The van der Waals surface area contributed by atoms with Crippen LogP contribution in [0.25, 0.3) is 12.2 Å². The standard InChI is InChI=1S/C51H76O8/c1-5-7-9-11-13-15-17-19-21-23-25-27-29-50(54)58-46-37-33-42(39-48(46)56-3)31-35-44(52)41-45(53)36-32-43-34-38-47(49(40-43)57-4)59-51(55)30-28-26-24-22-20-18-16-14-12-10-8-6-2/h31-41,52H,5-30H2,1-4H3/b35-31+,36-32+,44-41-. The first-order chi connectivity index (χ1) is 28.8. The van der Waals surface area contributed by atoms with Crippen molar-refractivity contribution in [2.75, 3.05) is 14.2 Å². The van der Waals surface area contributed by atoms with Crippen molar-refractivity contribution in [3.8, 4) is 23.0 Å². The molecule has 0 amide bonds. The maximum Gasteiger partial charge on any atom is 0.311 e. The molecule has 0 saturated heterocycles. The molecule has 0 bridgehead atoms. The van der Waals surface area contributed by atoms with Crippen LogP contribution in [-0.4, -0.2) is 37.0 Å². The van der Waals surface area contributed by atoms with Crippen LogP contribution in [0.1, 0.15) is 192 Å². The molecule has 8 nitrogen and oxygen atoms in total. The maximum absolute atomic E-state index is 12.6. The number of ketones is 1. The van der Waals surface area contributed by atoms with E-state index < -0.39 is 5.78 Å². The Labute approximate surface area is 356 Å². The number of benzene rings is 2. The molecule has 59 heavy (non-hydrogen) atoms. The molecule has 2 aromatic carbocycles. The van der Waals surface area contributed by atoms with Crippen LogP contribution in [0.2, 0.25) is 0 Å². The van der Waals surface area contributed by atoms with Gasteiger partial charge in [0.1, 0.15) is 5.76 Å². The third-order valence-corrected chi connectivity index (χ3v) is 10.5. The molecule has 0 aromatic heterocycles. The molecule has 8 heteroatoms. The minimum Gasteiger partial charge on any atom is -0.508 e. The Bertz CT molecular complexity index is 1550. The predicted octanol–water partition coefficient (Wildman–Crippen LogP) is 14.4. The molecule has 0 spiro atoms. The molecule has 0 aliphatic heterocycles. The molecule has 0 fully saturated rings. The zero-order valence-corrected chi connectivity index (χ0v) is 37.0. The largest absolute Gasteiger partial charge is 0.508 e. The van der Waals surface area contributed by atoms with E-state index in [-0.39, 0.29) is 17.7 Å². The van der Waals surface area contributed by atoms with Gasteiger partial charge in [-0.15, -0.1) is 0 Å². The van der Waals surface area contributed by atoms with E-state index in [9.17, 15) is 19.5 Å². The molecular weight excluding hydrogens is 741 g/mol. The topological polar surface area (TPSA) is 108 Å². The fourth-order valence-corrected chi connectivity index (χ4v) is 6.91. The number of carbonyl (C=O) groups excluding carboxylic acids is 3. The van der Waals surface area contributed by atoms with Crippen LogP contribution < -0.4 is 18.9 Å². The van der Waals surface area contributed by atoms with E-state index in [0.717, 1.165) is 44.6 Å². The van der Waals surface area contributed by atoms with E-state index in [4.69, 9.17) is 18.9 Å². The summed E-state index contributed by atoms with van der Waals surface area (Å²) in [5.41, 5.74) is 1.36. The van der Waals surface area contributed by atoms with Crippen molar-refractivity contribution in [1.82, 2.24) is 0 Å². The van der Waals surface area contributed by atoms with Crippen LogP contribution >= 0.6 is 0 Å². The van der Waals surface area contributed by atoms with Crippen LogP contribution in [0.4, 0.5) is 0 Å². The molecule has 0 saturated carbocycles. The zero-order chi connectivity index (χ0) is 42.8. The highest BCUT2D eigenvalue weighted by Crippen LogP contribution is 2.30. The molecule has 1 N–H and O–H groups in total. The fourth-order valence-electron chi connectivity index (χ4n) is 6.91. The number of hydrogen-bond acceptors (Lipinski definition) is 8. The Morgan fingerprint density at radius 1 is 0.475 bits per heavy atom. The molecule has 0 aliphatic rings. The van der Waals surface area contributed by atoms with Gasteiger partial charge in [0.2, 0.25) is 0 Å². The molecule has 0 radical (unpaired) electrons. The summed E-state index contributed by atoms with van der Waals surface area (Å²) < 4.78 is 22.1. The minimum atomic E-state index is -0.419. The van der Waals surface area contributed by atoms with Gasteiger partial charge in [-0.2, -0.15) is 0 Å². The normalized spacial score (nSPS) is 11.7. The van der Waals surface area contributed by atoms with Crippen molar-refractivity contribution >= 4 is 29.9 Å². The van der Waals surface area contributed by atoms with E-state index in [0.29, 0.717) is 47.0 Å². The van der Waals surface area contributed by atoms with Crippen molar-refractivity contribution in [3.63, 3.8) is 0 Å². The summed E-state index contributed by atoms with van der Waals surface area (Å²) in [5.74, 6) is 0.228. The summed E-state index contributed by atoms with van der Waals surface area (Å²) in [7, 11) is 3.00. The molecule has 328 valence electrons. The number of aliphatic hydroxyl groups excluding tert-OH is 1. The van der Waals surface area contributed by atoms with Gasteiger partial charge in [0, 0.05) is 18.9 Å². The highest BCUT2D eigenvalue weighted by molar-refractivity contribution is 6.02. The Kier molecular flexibility index (Phi) is 28.8. The highest BCUT2D eigenvalue weighted by Gasteiger charge is 2.12. The first-order valence-corrected chi connectivity index (χ1v) is 22.9. The number of allylic oxidation sites excluding steroid dienone is 3. The molecule has 2 rings (SSSR count). The second-order valence-electron chi connectivity index (χ2n) is 15.7. The smallest absolute Gasteiger partial charge is 0.311 e. The number of esters is 2. The summed E-state index contributed by atoms with van der Waals surface area (Å²) in [6.07, 6.45) is 37.4. The van der Waals surface area contributed by atoms with E-state index >= 15 is 0 Å². The Balaban J connectivity index is 1.72. The first kappa shape index (κ1) is 50.8. The number of aliphatic hydroxyl groups is 1. The molecule has 0 atom stereocenters. The Morgan fingerprint density at radius 3 is 1.17 bits per heavy atom. The second kappa shape index (κ2) is 33.5. The average Bonchev–Trinajstić information content (AvgIpc) is 3.23. The third-order valence-electron chi connectivity index (χ3n) is 10.5. The summed E-state index contributed by atoms with van der Waals surface area (Å²) in [6, 6.07) is 10.2. The van der Waals surface area contributed by atoms with Crippen LogP contribution in [0, 0.1) is 0 Å². The van der Waals surface area contributed by atoms with Crippen LogP contribution in [0.5, 0.6) is 23.0 Å². The van der Waals surface area contributed by atoms with Crippen molar-refractivity contribution in [2.24, 2.45) is 0 Å². The van der Waals surface area contributed by atoms with E-state index in [2.05, 4.69) is 13.8 Å². The van der Waals surface area contributed by atoms with E-state index in [1.165, 1.54) is 142 Å². The lowest BCUT2D eigenvalue weighted by Gasteiger charge is -2.10. The number of ether oxygens (including phenoxy) is 4. The lowest BCUT2D eigenvalue weighted by atomic mass is 10.0. The summed E-state index contributed by atoms with van der Waals surface area (Å²) in [6.45, 7) is 4.50. The third kappa shape index (κ3) is 25.0. The van der Waals surface area contributed by atoms with Gasteiger partial charge in [-0.05, 0) is 60.4 Å². The van der Waals surface area contributed by atoms with Crippen molar-refractivity contribution < 1.29 is 38.4 Å². The predicted molar refractivity (Wildman–Crippen MR) is 242 cm³/mol. The average molecular weight is 817 g/mol. The quantitative estimate of drug-likeness (QED) is 0.0183. The number of unbranched alkanes of at least 4 members (excludes halogenated alkanes) is 22. The molecule has 2 aromatic rings. The van der Waals surface area contributed by atoms with Crippen LogP contribution in [0.15, 0.2) is 60.4 Å². The zero-order valence-electron chi connectivity index (χ0n) is 37.0. The number of methoxy groups -OCH3 is 2. The Hall–Kier alpha value is -4.33. The minimum absolute atomic E-state index is 0.232. The van der Waals surface area contributed by atoms with Gasteiger partial charge in [-0.25, -0.2) is 0 Å². The van der Waals surface area contributed by atoms with E-state index in [1.54, 1.807) is 48.6 Å². The van der Waals surface area contributed by atoms with Gasteiger partial charge in [-0.1, -0.05) is 179 Å². The molecular formula is C51H76O8. The van der Waals surface area contributed by atoms with Gasteiger partial charge in [-0.3, -0.25) is 14.4 Å². The van der Waals surface area contributed by atoms with E-state index in [1.807, 2.05) is 0 Å². The molecule has 0 aliphatic carbocycles. The first-order valence-electron chi connectivity index (χ1n) is 22.9. The summed E-state index contributed by atoms with van der Waals surface area (Å²) in [4.78, 5) is 37.6. The highest BCUT2D eigenvalue weighted by atomic mass is 16.6. The molecule has 0 unspecified atom stereocenters. The number of hydrogen-bond donors (Lipinski definition) is 1. The molecule has 0 heterocycles. The summed E-state index contributed by atoms with van der Waals surface area (Å²) >= 11 is 0. The second-order valence-corrected chi connectivity index (χ2v) is 15.7. The summed E-state index contributed by atoms with van der Waals surface area (Å²) in [5, 5.41) is 10.4. The monoisotopic (exact) mass is 817 g/mol. The fraction of sp³-hybridized carbons (Fsp3) is 0.588. The number of carbonyl (C=O) groups is 3. The van der Waals surface area contributed by atoms with Crippen LogP contribution in [0.3, 0.4) is 0 Å². The van der Waals surface area contributed by atoms with Crippen molar-refractivity contribution in [2.45, 2.75) is 181 Å².